The molecule has 0 spiro atoms. The minimum Gasteiger partial charge on any atom is -0.379 e. The first-order chi connectivity index (χ1) is 11.6. The van der Waals surface area contributed by atoms with Crippen molar-refractivity contribution in [3.05, 3.63) is 36.9 Å². The fraction of sp³-hybridized carbons (Fsp3) is 0.438. The summed E-state index contributed by atoms with van der Waals surface area (Å²) in [4.78, 5) is 6.74. The third-order valence-corrected chi connectivity index (χ3v) is 5.15. The maximum absolute atomic E-state index is 12.1. The van der Waals surface area contributed by atoms with Gasteiger partial charge in [0, 0.05) is 26.2 Å². The number of imidazole rings is 1. The second-order valence-corrected chi connectivity index (χ2v) is 7.47. The summed E-state index contributed by atoms with van der Waals surface area (Å²) in [5.74, 6) is 0.214. The summed E-state index contributed by atoms with van der Waals surface area (Å²) in [5, 5.41) is 0. The molecule has 1 N–H and O–H groups in total. The first-order valence-electron chi connectivity index (χ1n) is 7.96. The van der Waals surface area contributed by atoms with Gasteiger partial charge in [-0.25, -0.2) is 13.4 Å². The van der Waals surface area contributed by atoms with Crippen molar-refractivity contribution in [3.8, 4) is 0 Å². The molecule has 1 aromatic carbocycles. The van der Waals surface area contributed by atoms with Crippen molar-refractivity contribution in [2.75, 3.05) is 43.3 Å². The lowest BCUT2D eigenvalue weighted by Gasteiger charge is -2.26. The Balaban J connectivity index is 1.85. The van der Waals surface area contributed by atoms with E-state index >= 15 is 0 Å². The van der Waals surface area contributed by atoms with Crippen molar-refractivity contribution < 1.29 is 13.2 Å². The molecule has 1 saturated heterocycles. The molecule has 0 radical (unpaired) electrons. The first kappa shape index (κ1) is 16.9. The quantitative estimate of drug-likeness (QED) is 0.762. The average Bonchev–Trinajstić information content (AvgIpc) is 2.90. The molecule has 1 aliphatic heterocycles. The van der Waals surface area contributed by atoms with Crippen LogP contribution >= 0.6 is 0 Å². The van der Waals surface area contributed by atoms with Gasteiger partial charge in [-0.2, -0.15) is 0 Å². The Morgan fingerprint density at radius 2 is 2.00 bits per heavy atom. The van der Waals surface area contributed by atoms with Gasteiger partial charge in [-0.3, -0.25) is 9.62 Å². The summed E-state index contributed by atoms with van der Waals surface area (Å²) < 4.78 is 34.0. The number of nitrogens with one attached hydrogen (secondary N) is 1. The van der Waals surface area contributed by atoms with E-state index in [2.05, 4.69) is 21.2 Å². The Kier molecular flexibility index (Phi) is 5.17. The molecule has 0 saturated carbocycles. The van der Waals surface area contributed by atoms with Gasteiger partial charge in [-0.1, -0.05) is 18.2 Å². The van der Waals surface area contributed by atoms with Gasteiger partial charge in [-0.05, 0) is 12.1 Å². The number of sulfonamides is 1. The maximum atomic E-state index is 12.1. The van der Waals surface area contributed by atoms with Gasteiger partial charge in [0.25, 0.3) is 0 Å². The fourth-order valence-corrected chi connectivity index (χ4v) is 3.61. The molecule has 8 heteroatoms. The molecule has 7 nitrogen and oxygen atoms in total. The van der Waals surface area contributed by atoms with Gasteiger partial charge in [0.2, 0.25) is 16.0 Å². The summed E-state index contributed by atoms with van der Waals surface area (Å²) in [5.41, 5.74) is 1.69. The van der Waals surface area contributed by atoms with Crippen molar-refractivity contribution in [2.24, 2.45) is 0 Å². The number of benzene rings is 1. The lowest BCUT2D eigenvalue weighted by molar-refractivity contribution is 0.0366. The van der Waals surface area contributed by atoms with E-state index in [-0.39, 0.29) is 5.75 Å². The molecule has 2 aromatic rings. The van der Waals surface area contributed by atoms with Crippen molar-refractivity contribution in [1.82, 2.24) is 14.5 Å². The molecule has 1 aromatic heterocycles. The molecule has 2 heterocycles. The zero-order chi connectivity index (χ0) is 17.0. The zero-order valence-electron chi connectivity index (χ0n) is 13.5. The van der Waals surface area contributed by atoms with E-state index in [1.165, 1.54) is 6.08 Å². The van der Waals surface area contributed by atoms with Gasteiger partial charge >= 0.3 is 0 Å². The van der Waals surface area contributed by atoms with Crippen LogP contribution in [0.4, 0.5) is 5.95 Å². The lowest BCUT2D eigenvalue weighted by Crippen LogP contribution is -2.38. The molecule has 3 rings (SSSR count). The predicted molar refractivity (Wildman–Crippen MR) is 94.6 cm³/mol. The highest BCUT2D eigenvalue weighted by atomic mass is 32.2. The Morgan fingerprint density at radius 1 is 1.25 bits per heavy atom. The largest absolute Gasteiger partial charge is 0.379 e. The second kappa shape index (κ2) is 7.33. The van der Waals surface area contributed by atoms with E-state index in [4.69, 9.17) is 4.74 Å². The summed E-state index contributed by atoms with van der Waals surface area (Å²) >= 11 is 0. The summed E-state index contributed by atoms with van der Waals surface area (Å²) in [6.45, 7) is 8.23. The number of hydrogen-bond donors (Lipinski definition) is 1. The molecule has 0 aliphatic carbocycles. The molecule has 0 bridgehead atoms. The smallest absolute Gasteiger partial charge is 0.238 e. The number of morpholine rings is 1. The van der Waals surface area contributed by atoms with E-state index in [1.807, 2.05) is 28.8 Å². The Hall–Kier alpha value is -1.90. The molecule has 0 amide bonds. The SMILES string of the molecule is C=CCS(=O)(=O)Nc1nc2ccccc2n1CCN1CCOCC1. The van der Waals surface area contributed by atoms with Crippen LogP contribution in [0.3, 0.4) is 0 Å². The number of para-hydroxylation sites is 2. The van der Waals surface area contributed by atoms with Gasteiger partial charge in [0.15, 0.2) is 0 Å². The van der Waals surface area contributed by atoms with Crippen molar-refractivity contribution >= 4 is 27.0 Å². The zero-order valence-corrected chi connectivity index (χ0v) is 14.3. The van der Waals surface area contributed by atoms with Crippen LogP contribution in [-0.2, 0) is 21.3 Å². The Bertz CT molecular complexity index is 810. The lowest BCUT2D eigenvalue weighted by atomic mass is 10.3. The Morgan fingerprint density at radius 3 is 2.75 bits per heavy atom. The molecule has 130 valence electrons. The van der Waals surface area contributed by atoms with Crippen molar-refractivity contribution in [1.29, 1.82) is 0 Å². The fourth-order valence-electron chi connectivity index (χ4n) is 2.78. The topological polar surface area (TPSA) is 76.5 Å². The molecule has 0 atom stereocenters. The van der Waals surface area contributed by atoms with Gasteiger partial charge < -0.3 is 9.30 Å². The summed E-state index contributed by atoms with van der Waals surface area (Å²) in [7, 11) is -3.48. The molecule has 1 aliphatic rings. The van der Waals surface area contributed by atoms with E-state index in [0.29, 0.717) is 12.5 Å². The normalized spacial score (nSPS) is 16.3. The van der Waals surface area contributed by atoms with E-state index in [0.717, 1.165) is 43.9 Å². The standard InChI is InChI=1S/C16H22N4O3S/c1-2-13-24(21,22)18-16-17-14-5-3-4-6-15(14)20(16)8-7-19-9-11-23-12-10-19/h2-6H,1,7-13H2,(H,17,18). The van der Waals surface area contributed by atoms with Gasteiger partial charge in [-0.15, -0.1) is 6.58 Å². The van der Waals surface area contributed by atoms with Crippen LogP contribution in [0.5, 0.6) is 0 Å². The monoisotopic (exact) mass is 350 g/mol. The molecule has 1 fully saturated rings. The highest BCUT2D eigenvalue weighted by Gasteiger charge is 2.17. The molecule has 24 heavy (non-hydrogen) atoms. The van der Waals surface area contributed by atoms with Crippen LogP contribution in [0.25, 0.3) is 11.0 Å². The number of hydrogen-bond acceptors (Lipinski definition) is 5. The molecular formula is C16H22N4O3S. The first-order valence-corrected chi connectivity index (χ1v) is 9.61. The van der Waals surface area contributed by atoms with Crippen LogP contribution in [-0.4, -0.2) is 61.5 Å². The summed E-state index contributed by atoms with van der Waals surface area (Å²) in [6.07, 6.45) is 1.36. The van der Waals surface area contributed by atoms with E-state index < -0.39 is 10.0 Å². The molecular weight excluding hydrogens is 328 g/mol. The highest BCUT2D eigenvalue weighted by Crippen LogP contribution is 2.20. The van der Waals surface area contributed by atoms with Crippen LogP contribution in [0.1, 0.15) is 0 Å². The number of anilines is 1. The minimum atomic E-state index is -3.48. The third-order valence-electron chi connectivity index (χ3n) is 3.98. The van der Waals surface area contributed by atoms with E-state index in [1.54, 1.807) is 0 Å². The Labute approximate surface area is 142 Å². The van der Waals surface area contributed by atoms with E-state index in [9.17, 15) is 8.42 Å². The summed E-state index contributed by atoms with van der Waals surface area (Å²) in [6, 6.07) is 7.65. The third kappa shape index (κ3) is 3.95. The number of rotatable bonds is 7. The van der Waals surface area contributed by atoms with Crippen LogP contribution < -0.4 is 4.72 Å². The predicted octanol–water partition coefficient (Wildman–Crippen LogP) is 1.30. The van der Waals surface area contributed by atoms with Gasteiger partial charge in [0.05, 0.1) is 30.0 Å². The molecule has 0 unspecified atom stereocenters. The average molecular weight is 350 g/mol. The minimum absolute atomic E-state index is 0.139. The number of aromatic nitrogens is 2. The van der Waals surface area contributed by atoms with Gasteiger partial charge in [0.1, 0.15) is 0 Å². The number of fused-ring (bicyclic) bond motifs is 1. The van der Waals surface area contributed by atoms with Crippen LogP contribution in [0.2, 0.25) is 0 Å². The number of nitrogens with zero attached hydrogens (tertiary/aromatic N) is 3. The van der Waals surface area contributed by atoms with Crippen LogP contribution in [0, 0.1) is 0 Å². The van der Waals surface area contributed by atoms with Crippen molar-refractivity contribution in [3.63, 3.8) is 0 Å². The second-order valence-electron chi connectivity index (χ2n) is 5.70. The highest BCUT2D eigenvalue weighted by molar-refractivity contribution is 7.92. The maximum Gasteiger partial charge on any atom is 0.238 e. The van der Waals surface area contributed by atoms with Crippen molar-refractivity contribution in [2.45, 2.75) is 6.54 Å². The van der Waals surface area contributed by atoms with Crippen LogP contribution in [0.15, 0.2) is 36.9 Å². The number of ether oxygens (including phenoxy) is 1.